The number of hydrogen-bond donors (Lipinski definition) is 4. The molecule has 0 saturated carbocycles. The molecule has 0 aliphatic carbocycles. The summed E-state index contributed by atoms with van der Waals surface area (Å²) in [5.41, 5.74) is 0. The number of nitrogens with one attached hydrogen (secondary N) is 1. The molecule has 0 bridgehead atoms. The van der Waals surface area contributed by atoms with Crippen LogP contribution in [0.4, 0.5) is 4.79 Å². The topological polar surface area (TPSA) is 127 Å². The van der Waals surface area contributed by atoms with Gasteiger partial charge in [0, 0.05) is 38.3 Å². The van der Waals surface area contributed by atoms with Crippen molar-refractivity contribution in [2.45, 2.75) is 0 Å². The Kier molecular flexibility index (Phi) is 7.11. The zero-order valence-electron chi connectivity index (χ0n) is 9.00. The Morgan fingerprint density at radius 3 is 1.59 bits per heavy atom. The number of hydrogen-bond acceptors (Lipinski definition) is 4. The lowest BCUT2D eigenvalue weighted by Crippen LogP contribution is -2.45. The Bertz CT molecular complexity index is 293. The van der Waals surface area contributed by atoms with E-state index in [1.54, 1.807) is 0 Å². The van der Waals surface area contributed by atoms with Gasteiger partial charge < -0.3 is 25.5 Å². The molecule has 8 nitrogen and oxygen atoms in total. The Morgan fingerprint density at radius 2 is 1.35 bits per heavy atom. The second-order valence-electron chi connectivity index (χ2n) is 3.03. The van der Waals surface area contributed by atoms with E-state index >= 15 is 0 Å². The monoisotopic (exact) mass is 246 g/mol. The number of nitrogens with zero attached hydrogens (tertiary/aromatic N) is 1. The van der Waals surface area contributed by atoms with Gasteiger partial charge in [0.1, 0.15) is 0 Å². The van der Waals surface area contributed by atoms with Crippen molar-refractivity contribution in [3.8, 4) is 0 Å². The van der Waals surface area contributed by atoms with Gasteiger partial charge in [0.2, 0.25) is 0 Å². The number of carboxylic acids is 2. The standard InChI is InChI=1S/C5H10N2O2.C4H4O4/c8-5(9)7-3-1-6-2-4-7;5-3(6)1-2-4(7)8/h6H,1-4H2,(H,8,9);1-2H,(H,5,6)(H,7,8). The molecule has 0 aromatic rings. The number of rotatable bonds is 2. The second kappa shape index (κ2) is 8.11. The molecule has 0 atom stereocenters. The fraction of sp³-hybridized carbons (Fsp3) is 0.444. The molecular formula is C9H14N2O6. The minimum absolute atomic E-state index is 0.558. The van der Waals surface area contributed by atoms with Crippen molar-refractivity contribution in [2.24, 2.45) is 0 Å². The average Bonchev–Trinajstić information content (AvgIpc) is 2.28. The smallest absolute Gasteiger partial charge is 0.407 e. The molecule has 1 aliphatic rings. The van der Waals surface area contributed by atoms with Gasteiger partial charge in [-0.2, -0.15) is 0 Å². The minimum Gasteiger partial charge on any atom is -0.478 e. The van der Waals surface area contributed by atoms with Crippen molar-refractivity contribution in [2.75, 3.05) is 26.2 Å². The number of carboxylic acid groups (broad SMARTS) is 3. The second-order valence-corrected chi connectivity index (χ2v) is 3.03. The molecule has 0 aromatic heterocycles. The summed E-state index contributed by atoms with van der Waals surface area (Å²) < 4.78 is 0. The zero-order valence-corrected chi connectivity index (χ0v) is 9.00. The van der Waals surface area contributed by atoms with Crippen molar-refractivity contribution in [1.29, 1.82) is 0 Å². The largest absolute Gasteiger partial charge is 0.478 e. The zero-order chi connectivity index (χ0) is 13.3. The van der Waals surface area contributed by atoms with Gasteiger partial charge in [-0.3, -0.25) is 0 Å². The maximum absolute atomic E-state index is 10.3. The Morgan fingerprint density at radius 1 is 0.941 bits per heavy atom. The van der Waals surface area contributed by atoms with Crippen LogP contribution in [-0.4, -0.2) is 64.4 Å². The maximum atomic E-state index is 10.3. The van der Waals surface area contributed by atoms with E-state index in [0.717, 1.165) is 13.1 Å². The lowest BCUT2D eigenvalue weighted by Gasteiger charge is -2.23. The summed E-state index contributed by atoms with van der Waals surface area (Å²) >= 11 is 0. The van der Waals surface area contributed by atoms with Crippen LogP contribution in [-0.2, 0) is 9.59 Å². The third-order valence-electron chi connectivity index (χ3n) is 1.76. The molecule has 8 heteroatoms. The van der Waals surface area contributed by atoms with Crippen LogP contribution >= 0.6 is 0 Å². The summed E-state index contributed by atoms with van der Waals surface area (Å²) in [4.78, 5) is 30.8. The molecule has 0 spiro atoms. The summed E-state index contributed by atoms with van der Waals surface area (Å²) in [7, 11) is 0. The van der Waals surface area contributed by atoms with Crippen molar-refractivity contribution >= 4 is 18.0 Å². The van der Waals surface area contributed by atoms with Crippen LogP contribution in [0.3, 0.4) is 0 Å². The van der Waals surface area contributed by atoms with Gasteiger partial charge in [-0.1, -0.05) is 0 Å². The molecule has 0 radical (unpaired) electrons. The molecule has 0 unspecified atom stereocenters. The molecule has 1 heterocycles. The highest BCUT2D eigenvalue weighted by atomic mass is 16.4. The summed E-state index contributed by atoms with van der Waals surface area (Å²) in [6.07, 6.45) is 0.307. The predicted octanol–water partition coefficient (Wildman–Crippen LogP) is -0.719. The molecule has 17 heavy (non-hydrogen) atoms. The van der Waals surface area contributed by atoms with Crippen molar-refractivity contribution in [3.63, 3.8) is 0 Å². The fourth-order valence-electron chi connectivity index (χ4n) is 0.999. The van der Waals surface area contributed by atoms with E-state index in [4.69, 9.17) is 15.3 Å². The number of aliphatic carboxylic acids is 2. The number of piperazine rings is 1. The lowest BCUT2D eigenvalue weighted by molar-refractivity contribution is -0.134. The van der Waals surface area contributed by atoms with Crippen molar-refractivity contribution in [3.05, 3.63) is 12.2 Å². The van der Waals surface area contributed by atoms with E-state index in [2.05, 4.69) is 5.32 Å². The molecule has 1 saturated heterocycles. The first kappa shape index (κ1) is 14.9. The third-order valence-corrected chi connectivity index (χ3v) is 1.76. The minimum atomic E-state index is -1.26. The number of amides is 1. The molecule has 4 N–H and O–H groups in total. The SMILES string of the molecule is O=C(O)C=CC(=O)O.O=C(O)N1CCNCC1. The van der Waals surface area contributed by atoms with Crippen LogP contribution in [0.15, 0.2) is 12.2 Å². The maximum Gasteiger partial charge on any atom is 0.407 e. The molecule has 0 aromatic carbocycles. The summed E-state index contributed by atoms with van der Waals surface area (Å²) in [5, 5.41) is 27.1. The van der Waals surface area contributed by atoms with Crippen LogP contribution in [0.5, 0.6) is 0 Å². The number of carbonyl (C=O) groups is 3. The molecule has 1 aliphatic heterocycles. The first-order valence-electron chi connectivity index (χ1n) is 4.76. The van der Waals surface area contributed by atoms with Crippen molar-refractivity contribution < 1.29 is 29.7 Å². The Hall–Kier alpha value is -2.09. The van der Waals surface area contributed by atoms with Gasteiger partial charge in [-0.25, -0.2) is 14.4 Å². The van der Waals surface area contributed by atoms with E-state index in [-0.39, 0.29) is 0 Å². The highest BCUT2D eigenvalue weighted by molar-refractivity contribution is 5.89. The fourth-order valence-corrected chi connectivity index (χ4v) is 0.999. The Labute approximate surface area is 97.1 Å². The van der Waals surface area contributed by atoms with E-state index < -0.39 is 18.0 Å². The van der Waals surface area contributed by atoms with E-state index in [1.165, 1.54) is 4.90 Å². The van der Waals surface area contributed by atoms with Crippen LogP contribution in [0.25, 0.3) is 0 Å². The molecular weight excluding hydrogens is 232 g/mol. The molecule has 1 amide bonds. The lowest BCUT2D eigenvalue weighted by atomic mass is 10.4. The average molecular weight is 246 g/mol. The van der Waals surface area contributed by atoms with E-state index in [0.29, 0.717) is 25.2 Å². The summed E-state index contributed by atoms with van der Waals surface area (Å²) in [5.74, 6) is -2.51. The van der Waals surface area contributed by atoms with Crippen LogP contribution < -0.4 is 5.32 Å². The van der Waals surface area contributed by atoms with E-state index in [1.807, 2.05) is 0 Å². The Balaban J connectivity index is 0.000000304. The van der Waals surface area contributed by atoms with Gasteiger partial charge in [-0.05, 0) is 0 Å². The van der Waals surface area contributed by atoms with Gasteiger partial charge in [0.05, 0.1) is 0 Å². The summed E-state index contributed by atoms with van der Waals surface area (Å²) in [6.45, 7) is 2.81. The van der Waals surface area contributed by atoms with Gasteiger partial charge >= 0.3 is 18.0 Å². The van der Waals surface area contributed by atoms with Crippen LogP contribution in [0.2, 0.25) is 0 Å². The van der Waals surface area contributed by atoms with Gasteiger partial charge in [0.25, 0.3) is 0 Å². The first-order valence-corrected chi connectivity index (χ1v) is 4.76. The highest BCUT2D eigenvalue weighted by Gasteiger charge is 2.13. The molecule has 96 valence electrons. The molecule has 1 rings (SSSR count). The first-order chi connectivity index (χ1) is 7.93. The van der Waals surface area contributed by atoms with Gasteiger partial charge in [-0.15, -0.1) is 0 Å². The third kappa shape index (κ3) is 8.88. The van der Waals surface area contributed by atoms with Crippen LogP contribution in [0.1, 0.15) is 0 Å². The van der Waals surface area contributed by atoms with Crippen LogP contribution in [0, 0.1) is 0 Å². The highest BCUT2D eigenvalue weighted by Crippen LogP contribution is 1.90. The van der Waals surface area contributed by atoms with Gasteiger partial charge in [0.15, 0.2) is 0 Å². The summed E-state index contributed by atoms with van der Waals surface area (Å²) in [6, 6.07) is 0. The quantitative estimate of drug-likeness (QED) is 0.473. The van der Waals surface area contributed by atoms with E-state index in [9.17, 15) is 14.4 Å². The normalized spacial score (nSPS) is 14.9. The predicted molar refractivity (Wildman–Crippen MR) is 56.9 cm³/mol. The molecule has 1 fully saturated rings. The van der Waals surface area contributed by atoms with Crippen molar-refractivity contribution in [1.82, 2.24) is 10.2 Å².